The van der Waals surface area contributed by atoms with E-state index in [-0.39, 0.29) is 18.1 Å². The maximum atomic E-state index is 10.3. The summed E-state index contributed by atoms with van der Waals surface area (Å²) in [5.74, 6) is -0.913. The van der Waals surface area contributed by atoms with Gasteiger partial charge < -0.3 is 4.74 Å². The first-order valence-electron chi connectivity index (χ1n) is 3.83. The van der Waals surface area contributed by atoms with Crippen molar-refractivity contribution in [1.29, 1.82) is 0 Å². The van der Waals surface area contributed by atoms with Crippen LogP contribution in [0.4, 0.5) is 0 Å². The van der Waals surface area contributed by atoms with Crippen LogP contribution in [0.5, 0.6) is 0 Å². The van der Waals surface area contributed by atoms with E-state index in [1.807, 2.05) is 0 Å². The molecule has 0 saturated heterocycles. The van der Waals surface area contributed by atoms with Crippen LogP contribution in [0.1, 0.15) is 33.6 Å². The Hall–Kier alpha value is -0.900. The minimum absolute atomic E-state index is 0.256. The molecule has 0 bridgehead atoms. The van der Waals surface area contributed by atoms with E-state index in [1.165, 1.54) is 6.92 Å². The van der Waals surface area contributed by atoms with Crippen molar-refractivity contribution in [1.82, 2.24) is 0 Å². The minimum Gasteiger partial charge on any atom is -0.393 e. The van der Waals surface area contributed by atoms with Gasteiger partial charge in [-0.25, -0.2) is 0 Å². The Morgan fingerprint density at radius 2 is 1.31 bits per heavy atom. The first-order chi connectivity index (χ1) is 5.93. The van der Waals surface area contributed by atoms with E-state index >= 15 is 0 Å². The molecule has 0 aliphatic carbocycles. The van der Waals surface area contributed by atoms with Gasteiger partial charge in [0.15, 0.2) is 0 Å². The number of hydrogen-bond acceptors (Lipinski definition) is 4. The van der Waals surface area contributed by atoms with E-state index < -0.39 is 11.9 Å². The summed E-state index contributed by atoms with van der Waals surface area (Å²) in [6.07, 6.45) is 0.511. The second kappa shape index (κ2) is 9.19. The molecule has 0 N–H and O–H groups in total. The Morgan fingerprint density at radius 3 is 1.46 bits per heavy atom. The summed E-state index contributed by atoms with van der Waals surface area (Å²) < 4.78 is 4.27. The predicted octanol–water partition coefficient (Wildman–Crippen LogP) is 1.65. The number of halogens is 1. The van der Waals surface area contributed by atoms with Crippen LogP contribution in [-0.4, -0.2) is 17.2 Å². The predicted molar refractivity (Wildman–Crippen MR) is 48.2 cm³/mol. The standard InChI is InChI=1S/C6H10O3.C2H3ClO/c1-3-5(7)9-6(8)4-2;1-2(3)4/h3-4H2,1-2H3;1H3. The highest BCUT2D eigenvalue weighted by Gasteiger charge is 2.03. The van der Waals surface area contributed by atoms with E-state index in [2.05, 4.69) is 16.3 Å². The molecule has 0 radical (unpaired) electrons. The first kappa shape index (κ1) is 14.6. The quantitative estimate of drug-likeness (QED) is 0.393. The summed E-state index contributed by atoms with van der Waals surface area (Å²) in [5.41, 5.74) is 0. The van der Waals surface area contributed by atoms with Crippen molar-refractivity contribution in [2.75, 3.05) is 0 Å². The molecule has 5 heteroatoms. The van der Waals surface area contributed by atoms with Crippen molar-refractivity contribution in [3.05, 3.63) is 0 Å². The van der Waals surface area contributed by atoms with Crippen molar-refractivity contribution in [3.8, 4) is 0 Å². The summed E-state index contributed by atoms with van der Waals surface area (Å²) in [5, 5.41) is -0.361. The lowest BCUT2D eigenvalue weighted by atomic mass is 10.5. The Labute approximate surface area is 82.2 Å². The van der Waals surface area contributed by atoms with E-state index in [4.69, 9.17) is 0 Å². The fourth-order valence-corrected chi connectivity index (χ4v) is 0.271. The van der Waals surface area contributed by atoms with Gasteiger partial charge >= 0.3 is 11.9 Å². The fraction of sp³-hybridized carbons (Fsp3) is 0.625. The number of hydrogen-bond donors (Lipinski definition) is 0. The fourth-order valence-electron chi connectivity index (χ4n) is 0.271. The van der Waals surface area contributed by atoms with Gasteiger partial charge in [-0.05, 0) is 11.6 Å². The van der Waals surface area contributed by atoms with Crippen molar-refractivity contribution in [2.45, 2.75) is 33.6 Å². The van der Waals surface area contributed by atoms with Crippen LogP contribution in [0.2, 0.25) is 0 Å². The summed E-state index contributed by atoms with van der Waals surface area (Å²) in [6, 6.07) is 0. The van der Waals surface area contributed by atoms with Gasteiger partial charge in [0.25, 0.3) is 0 Å². The van der Waals surface area contributed by atoms with E-state index in [0.29, 0.717) is 0 Å². The lowest BCUT2D eigenvalue weighted by molar-refractivity contribution is -0.159. The number of esters is 2. The molecule has 4 nitrogen and oxygen atoms in total. The van der Waals surface area contributed by atoms with Crippen LogP contribution in [0.3, 0.4) is 0 Å². The minimum atomic E-state index is -0.457. The lowest BCUT2D eigenvalue weighted by Crippen LogP contribution is -2.09. The average Bonchev–Trinajstić information content (AvgIpc) is 2.03. The van der Waals surface area contributed by atoms with Gasteiger partial charge in [0, 0.05) is 19.8 Å². The molecule has 0 amide bonds. The molecule has 13 heavy (non-hydrogen) atoms. The molecule has 0 aliphatic rings. The topological polar surface area (TPSA) is 60.4 Å². The van der Waals surface area contributed by atoms with Crippen molar-refractivity contribution in [3.63, 3.8) is 0 Å². The molecule has 0 heterocycles. The van der Waals surface area contributed by atoms with Crippen LogP contribution >= 0.6 is 11.6 Å². The largest absolute Gasteiger partial charge is 0.393 e. The summed E-state index contributed by atoms with van der Waals surface area (Å²) in [4.78, 5) is 29.9. The van der Waals surface area contributed by atoms with Gasteiger partial charge in [-0.15, -0.1) is 0 Å². The van der Waals surface area contributed by atoms with Gasteiger partial charge in [-0.3, -0.25) is 14.4 Å². The van der Waals surface area contributed by atoms with Crippen LogP contribution < -0.4 is 0 Å². The summed E-state index contributed by atoms with van der Waals surface area (Å²) in [7, 11) is 0. The molecule has 0 aromatic rings. The monoisotopic (exact) mass is 208 g/mol. The van der Waals surface area contributed by atoms with E-state index in [0.717, 1.165) is 0 Å². The number of ether oxygens (including phenoxy) is 1. The molecule has 0 saturated carbocycles. The highest BCUT2D eigenvalue weighted by molar-refractivity contribution is 6.62. The highest BCUT2D eigenvalue weighted by atomic mass is 35.5. The first-order valence-corrected chi connectivity index (χ1v) is 4.21. The molecular formula is C8H13ClO4. The molecule has 0 aromatic heterocycles. The number of carbonyl (C=O) groups is 3. The Morgan fingerprint density at radius 1 is 1.08 bits per heavy atom. The van der Waals surface area contributed by atoms with Gasteiger partial charge in [0.2, 0.25) is 5.24 Å². The molecule has 0 aromatic carbocycles. The van der Waals surface area contributed by atoms with Crippen molar-refractivity contribution in [2.24, 2.45) is 0 Å². The number of carbonyl (C=O) groups excluding carboxylic acids is 3. The third-order valence-corrected chi connectivity index (χ3v) is 0.805. The normalized spacial score (nSPS) is 8.00. The maximum Gasteiger partial charge on any atom is 0.313 e. The third kappa shape index (κ3) is 18.2. The molecule has 0 aliphatic heterocycles. The van der Waals surface area contributed by atoms with Gasteiger partial charge in [-0.2, -0.15) is 0 Å². The van der Waals surface area contributed by atoms with E-state index in [1.54, 1.807) is 13.8 Å². The van der Waals surface area contributed by atoms with Crippen LogP contribution in [0, 0.1) is 0 Å². The second-order valence-electron chi connectivity index (χ2n) is 2.02. The summed E-state index contributed by atoms with van der Waals surface area (Å²) >= 11 is 4.64. The van der Waals surface area contributed by atoms with Crippen LogP contribution in [0.15, 0.2) is 0 Å². The molecule has 0 spiro atoms. The molecule has 0 atom stereocenters. The lowest BCUT2D eigenvalue weighted by Gasteiger charge is -1.95. The zero-order chi connectivity index (χ0) is 10.9. The number of rotatable bonds is 2. The highest BCUT2D eigenvalue weighted by Crippen LogP contribution is 1.88. The van der Waals surface area contributed by atoms with E-state index in [9.17, 15) is 14.4 Å². The summed E-state index contributed by atoms with van der Waals surface area (Å²) in [6.45, 7) is 4.58. The Balaban J connectivity index is 0. The average molecular weight is 209 g/mol. The van der Waals surface area contributed by atoms with Gasteiger partial charge in [0.05, 0.1) is 0 Å². The second-order valence-corrected chi connectivity index (χ2v) is 2.56. The van der Waals surface area contributed by atoms with Crippen LogP contribution in [-0.2, 0) is 19.1 Å². The van der Waals surface area contributed by atoms with Gasteiger partial charge in [0.1, 0.15) is 0 Å². The zero-order valence-electron chi connectivity index (χ0n) is 7.93. The SMILES string of the molecule is CC(=O)Cl.CCC(=O)OC(=O)CC. The van der Waals surface area contributed by atoms with Crippen molar-refractivity contribution < 1.29 is 19.1 Å². The third-order valence-electron chi connectivity index (χ3n) is 0.805. The smallest absolute Gasteiger partial charge is 0.313 e. The Kier molecular flexibility index (Phi) is 10.3. The van der Waals surface area contributed by atoms with Crippen molar-refractivity contribution >= 4 is 28.8 Å². The molecule has 0 rings (SSSR count). The van der Waals surface area contributed by atoms with Crippen LogP contribution in [0.25, 0.3) is 0 Å². The molecule has 76 valence electrons. The zero-order valence-corrected chi connectivity index (χ0v) is 8.68. The molecule has 0 fully saturated rings. The van der Waals surface area contributed by atoms with Gasteiger partial charge in [-0.1, -0.05) is 13.8 Å². The Bertz CT molecular complexity index is 171. The molecular weight excluding hydrogens is 196 g/mol. The molecule has 0 unspecified atom stereocenters. The maximum absolute atomic E-state index is 10.3.